The SMILES string of the molecule is COc1ccnc(CN2C[C@@H](CS(=O)(=O)N(C)C)[C@@H](O)C2)c1OC.O=CO. The number of methoxy groups -OCH3 is 2. The zero-order chi connectivity index (χ0) is 20.6. The van der Waals surface area contributed by atoms with Crippen molar-refractivity contribution >= 4 is 16.5 Å². The molecule has 11 heteroatoms. The molecule has 1 saturated heterocycles. The van der Waals surface area contributed by atoms with Crippen LogP contribution in [0.4, 0.5) is 0 Å². The minimum Gasteiger partial charge on any atom is -0.493 e. The van der Waals surface area contributed by atoms with E-state index in [2.05, 4.69) is 4.98 Å². The number of hydrogen-bond donors (Lipinski definition) is 2. The lowest BCUT2D eigenvalue weighted by molar-refractivity contribution is -0.122. The van der Waals surface area contributed by atoms with Crippen LogP contribution in [0.2, 0.25) is 0 Å². The van der Waals surface area contributed by atoms with Crippen molar-refractivity contribution in [1.29, 1.82) is 0 Å². The van der Waals surface area contributed by atoms with E-state index in [1.165, 1.54) is 18.4 Å². The molecule has 1 aliphatic heterocycles. The summed E-state index contributed by atoms with van der Waals surface area (Å²) in [6.45, 7) is 1.09. The van der Waals surface area contributed by atoms with Crippen LogP contribution in [0, 0.1) is 5.92 Å². The Labute approximate surface area is 159 Å². The molecule has 154 valence electrons. The summed E-state index contributed by atoms with van der Waals surface area (Å²) >= 11 is 0. The van der Waals surface area contributed by atoms with E-state index < -0.39 is 16.1 Å². The summed E-state index contributed by atoms with van der Waals surface area (Å²) in [5.74, 6) is 0.752. The fraction of sp³-hybridized carbons (Fsp3) is 0.625. The molecule has 0 aromatic carbocycles. The van der Waals surface area contributed by atoms with Crippen molar-refractivity contribution in [3.8, 4) is 11.5 Å². The third-order valence-corrected chi connectivity index (χ3v) is 6.16. The molecule has 0 unspecified atom stereocenters. The Hall–Kier alpha value is -1.95. The molecule has 1 aromatic heterocycles. The lowest BCUT2D eigenvalue weighted by atomic mass is 10.1. The first-order valence-corrected chi connectivity index (χ1v) is 9.75. The number of carboxylic acid groups (broad SMARTS) is 1. The molecule has 2 heterocycles. The minimum atomic E-state index is -3.35. The maximum Gasteiger partial charge on any atom is 0.290 e. The van der Waals surface area contributed by atoms with Gasteiger partial charge in [0.25, 0.3) is 6.47 Å². The molecule has 1 aromatic rings. The summed E-state index contributed by atoms with van der Waals surface area (Å²) in [6, 6.07) is 1.72. The molecular formula is C16H27N3O7S. The second kappa shape index (κ2) is 10.4. The van der Waals surface area contributed by atoms with Gasteiger partial charge >= 0.3 is 0 Å². The fourth-order valence-corrected chi connectivity index (χ4v) is 4.00. The number of aromatic nitrogens is 1. The van der Waals surface area contributed by atoms with Crippen molar-refractivity contribution in [2.24, 2.45) is 5.92 Å². The number of pyridine rings is 1. The molecule has 1 fully saturated rings. The van der Waals surface area contributed by atoms with E-state index in [-0.39, 0.29) is 18.1 Å². The van der Waals surface area contributed by atoms with Crippen molar-refractivity contribution in [3.05, 3.63) is 18.0 Å². The Kier molecular flexibility index (Phi) is 8.89. The number of hydrogen-bond acceptors (Lipinski definition) is 8. The number of sulfonamides is 1. The molecule has 1 aliphatic rings. The van der Waals surface area contributed by atoms with Gasteiger partial charge in [0.05, 0.1) is 26.1 Å². The Balaban J connectivity index is 0.00000114. The summed E-state index contributed by atoms with van der Waals surface area (Å²) in [5, 5.41) is 17.1. The van der Waals surface area contributed by atoms with Crippen LogP contribution in [0.3, 0.4) is 0 Å². The number of aliphatic hydroxyl groups is 1. The monoisotopic (exact) mass is 405 g/mol. The van der Waals surface area contributed by atoms with Crippen molar-refractivity contribution < 1.29 is 32.9 Å². The Morgan fingerprint density at radius 1 is 1.33 bits per heavy atom. The molecule has 0 spiro atoms. The summed E-state index contributed by atoms with van der Waals surface area (Å²) in [7, 11) is 2.76. The average Bonchev–Trinajstić information content (AvgIpc) is 2.93. The summed E-state index contributed by atoms with van der Waals surface area (Å²) in [6.07, 6.45) is 0.952. The molecule has 0 radical (unpaired) electrons. The second-order valence-corrected chi connectivity index (χ2v) is 8.41. The lowest BCUT2D eigenvalue weighted by Crippen LogP contribution is -2.33. The normalized spacial score (nSPS) is 20.1. The Morgan fingerprint density at radius 2 is 1.96 bits per heavy atom. The molecular weight excluding hydrogens is 378 g/mol. The molecule has 0 amide bonds. The predicted molar refractivity (Wildman–Crippen MR) is 98.3 cm³/mol. The number of aliphatic hydroxyl groups excluding tert-OH is 1. The van der Waals surface area contributed by atoms with Crippen molar-refractivity contribution in [2.75, 3.05) is 47.2 Å². The number of rotatable bonds is 7. The summed E-state index contributed by atoms with van der Waals surface area (Å²) in [5.41, 5.74) is 0.695. The van der Waals surface area contributed by atoms with E-state index in [0.29, 0.717) is 36.8 Å². The number of likely N-dealkylation sites (tertiary alicyclic amines) is 1. The van der Waals surface area contributed by atoms with E-state index in [9.17, 15) is 13.5 Å². The lowest BCUT2D eigenvalue weighted by Gasteiger charge is -2.19. The zero-order valence-electron chi connectivity index (χ0n) is 15.9. The van der Waals surface area contributed by atoms with Crippen LogP contribution < -0.4 is 9.47 Å². The third kappa shape index (κ3) is 6.31. The van der Waals surface area contributed by atoms with Gasteiger partial charge in [-0.3, -0.25) is 14.7 Å². The predicted octanol–water partition coefficient (Wildman–Crippen LogP) is -0.516. The standard InChI is InChI=1S/C15H25N3O5S.CH2O2/c1-17(2)24(20,21)10-11-7-18(9-13(11)19)8-12-15(23-4)14(22-3)5-6-16-12;2-1-3/h5-6,11,13,19H,7-10H2,1-4H3;1H,(H,2,3)/t11-,13-;/m0./s1. The van der Waals surface area contributed by atoms with Gasteiger partial charge in [-0.2, -0.15) is 0 Å². The van der Waals surface area contributed by atoms with Gasteiger partial charge in [0.1, 0.15) is 5.69 Å². The molecule has 2 N–H and O–H groups in total. The fourth-order valence-electron chi connectivity index (χ4n) is 2.83. The number of ether oxygens (including phenoxy) is 2. The number of nitrogens with zero attached hydrogens (tertiary/aromatic N) is 3. The van der Waals surface area contributed by atoms with E-state index in [0.717, 1.165) is 0 Å². The van der Waals surface area contributed by atoms with Crippen LogP contribution in [0.1, 0.15) is 5.69 Å². The number of β-amino-alcohol motifs (C(OH)–C–C–N with tert-alkyl or cyclic N) is 1. The van der Waals surface area contributed by atoms with Gasteiger partial charge in [-0.1, -0.05) is 0 Å². The van der Waals surface area contributed by atoms with Gasteiger partial charge in [0.2, 0.25) is 10.0 Å². The van der Waals surface area contributed by atoms with Gasteiger partial charge < -0.3 is 19.7 Å². The van der Waals surface area contributed by atoms with Crippen LogP contribution in [0.5, 0.6) is 11.5 Å². The van der Waals surface area contributed by atoms with E-state index in [1.807, 2.05) is 4.90 Å². The molecule has 27 heavy (non-hydrogen) atoms. The van der Waals surface area contributed by atoms with Gasteiger partial charge in [-0.15, -0.1) is 0 Å². The van der Waals surface area contributed by atoms with Gasteiger partial charge in [-0.25, -0.2) is 12.7 Å². The van der Waals surface area contributed by atoms with Crippen molar-refractivity contribution in [3.63, 3.8) is 0 Å². The maximum absolute atomic E-state index is 12.0. The first kappa shape index (κ1) is 23.1. The topological polar surface area (TPSA) is 130 Å². The van der Waals surface area contributed by atoms with E-state index in [1.54, 1.807) is 26.5 Å². The minimum absolute atomic E-state index is 0.0691. The first-order valence-electron chi connectivity index (χ1n) is 8.14. The van der Waals surface area contributed by atoms with Crippen LogP contribution in [0.25, 0.3) is 0 Å². The zero-order valence-corrected chi connectivity index (χ0v) is 16.7. The van der Waals surface area contributed by atoms with Crippen LogP contribution in [-0.2, 0) is 21.4 Å². The maximum atomic E-state index is 12.0. The smallest absolute Gasteiger partial charge is 0.290 e. The van der Waals surface area contributed by atoms with Crippen molar-refractivity contribution in [2.45, 2.75) is 12.6 Å². The van der Waals surface area contributed by atoms with Crippen LogP contribution in [0.15, 0.2) is 12.3 Å². The highest BCUT2D eigenvalue weighted by Gasteiger charge is 2.35. The molecule has 2 atom stereocenters. The highest BCUT2D eigenvalue weighted by Crippen LogP contribution is 2.31. The average molecular weight is 405 g/mol. The highest BCUT2D eigenvalue weighted by molar-refractivity contribution is 7.89. The van der Waals surface area contributed by atoms with E-state index in [4.69, 9.17) is 19.4 Å². The molecule has 2 rings (SSSR count). The summed E-state index contributed by atoms with van der Waals surface area (Å²) < 4.78 is 35.9. The Bertz CT molecular complexity index is 712. The van der Waals surface area contributed by atoms with E-state index >= 15 is 0 Å². The second-order valence-electron chi connectivity index (χ2n) is 6.18. The van der Waals surface area contributed by atoms with Gasteiger partial charge in [0.15, 0.2) is 11.5 Å². The molecule has 0 saturated carbocycles. The molecule has 0 bridgehead atoms. The summed E-state index contributed by atoms with van der Waals surface area (Å²) in [4.78, 5) is 14.7. The quantitative estimate of drug-likeness (QED) is 0.576. The first-order chi connectivity index (χ1) is 12.7. The van der Waals surface area contributed by atoms with Gasteiger partial charge in [-0.05, 0) is 0 Å². The number of carbonyl (C=O) groups is 1. The van der Waals surface area contributed by atoms with Crippen LogP contribution in [-0.4, -0.2) is 92.6 Å². The molecule has 0 aliphatic carbocycles. The largest absolute Gasteiger partial charge is 0.493 e. The third-order valence-electron chi connectivity index (χ3n) is 4.20. The van der Waals surface area contributed by atoms with Crippen molar-refractivity contribution in [1.82, 2.24) is 14.2 Å². The van der Waals surface area contributed by atoms with Crippen LogP contribution >= 0.6 is 0 Å². The van der Waals surface area contributed by atoms with Gasteiger partial charge in [0, 0.05) is 51.9 Å². The molecule has 10 nitrogen and oxygen atoms in total. The Morgan fingerprint density at radius 3 is 2.48 bits per heavy atom. The highest BCUT2D eigenvalue weighted by atomic mass is 32.2.